The van der Waals surface area contributed by atoms with Crippen LogP contribution < -0.4 is 0 Å². The van der Waals surface area contributed by atoms with Gasteiger partial charge in [0.1, 0.15) is 0 Å². The third kappa shape index (κ3) is 1.19. The Labute approximate surface area is 75.5 Å². The van der Waals surface area contributed by atoms with Crippen molar-refractivity contribution in [3.63, 3.8) is 0 Å². The van der Waals surface area contributed by atoms with Gasteiger partial charge in [0.05, 0.1) is 6.10 Å². The summed E-state index contributed by atoms with van der Waals surface area (Å²) in [6.07, 6.45) is 3.24. The van der Waals surface area contributed by atoms with Crippen molar-refractivity contribution in [1.82, 2.24) is 0 Å². The van der Waals surface area contributed by atoms with E-state index in [2.05, 4.69) is 20.8 Å². The molecule has 0 N–H and O–H groups in total. The van der Waals surface area contributed by atoms with E-state index >= 15 is 0 Å². The Morgan fingerprint density at radius 1 is 1.08 bits per heavy atom. The predicted molar refractivity (Wildman–Crippen MR) is 50.0 cm³/mol. The number of hydrogen-bond acceptors (Lipinski definition) is 1. The van der Waals surface area contributed by atoms with Crippen molar-refractivity contribution < 1.29 is 4.74 Å². The minimum atomic E-state index is 0.517. The zero-order valence-corrected chi connectivity index (χ0v) is 8.42. The van der Waals surface area contributed by atoms with Gasteiger partial charge in [0.2, 0.25) is 0 Å². The van der Waals surface area contributed by atoms with E-state index < -0.39 is 0 Å². The first-order valence-electron chi connectivity index (χ1n) is 5.31. The molecule has 0 radical (unpaired) electrons. The van der Waals surface area contributed by atoms with Gasteiger partial charge in [-0.25, -0.2) is 0 Å². The molecule has 70 valence electrons. The molecule has 0 amide bonds. The van der Waals surface area contributed by atoms with Crippen LogP contribution in [0.25, 0.3) is 0 Å². The van der Waals surface area contributed by atoms with Crippen molar-refractivity contribution in [3.05, 3.63) is 0 Å². The van der Waals surface area contributed by atoms with Crippen LogP contribution in [0.1, 0.15) is 33.6 Å². The van der Waals surface area contributed by atoms with Crippen molar-refractivity contribution in [2.45, 2.75) is 39.7 Å². The molecule has 0 spiro atoms. The molecule has 0 aromatic carbocycles. The molecule has 1 heteroatoms. The molecule has 0 bridgehead atoms. The maximum Gasteiger partial charge on any atom is 0.0580 e. The van der Waals surface area contributed by atoms with E-state index in [0.29, 0.717) is 6.10 Å². The molecule has 2 rings (SSSR count). The van der Waals surface area contributed by atoms with Gasteiger partial charge in [-0.2, -0.15) is 0 Å². The molecule has 1 nitrogen and oxygen atoms in total. The van der Waals surface area contributed by atoms with Gasteiger partial charge in [-0.15, -0.1) is 0 Å². The monoisotopic (exact) mass is 168 g/mol. The van der Waals surface area contributed by atoms with Crippen LogP contribution >= 0.6 is 0 Å². The summed E-state index contributed by atoms with van der Waals surface area (Å²) in [4.78, 5) is 0. The van der Waals surface area contributed by atoms with Crippen LogP contribution in [0.5, 0.6) is 0 Å². The molecule has 1 saturated carbocycles. The van der Waals surface area contributed by atoms with E-state index in [1.165, 1.54) is 12.8 Å². The fourth-order valence-electron chi connectivity index (χ4n) is 3.51. The van der Waals surface area contributed by atoms with Crippen LogP contribution in [-0.4, -0.2) is 12.7 Å². The average molecular weight is 168 g/mol. The summed E-state index contributed by atoms with van der Waals surface area (Å²) in [5, 5.41) is 0. The van der Waals surface area contributed by atoms with Crippen LogP contribution in [-0.2, 0) is 4.74 Å². The predicted octanol–water partition coefficient (Wildman–Crippen LogP) is 2.70. The zero-order chi connectivity index (χ0) is 8.72. The maximum atomic E-state index is 5.71. The SMILES string of the molecule is CC1CC(C)C2C(C)OCCC12. The Kier molecular flexibility index (Phi) is 2.16. The Bertz CT molecular complexity index is 162. The van der Waals surface area contributed by atoms with E-state index in [-0.39, 0.29) is 0 Å². The molecule has 0 aromatic heterocycles. The van der Waals surface area contributed by atoms with Crippen molar-refractivity contribution >= 4 is 0 Å². The van der Waals surface area contributed by atoms with E-state index in [1.807, 2.05) is 0 Å². The van der Waals surface area contributed by atoms with Crippen LogP contribution in [0, 0.1) is 23.7 Å². The molecule has 1 heterocycles. The van der Waals surface area contributed by atoms with Crippen molar-refractivity contribution in [1.29, 1.82) is 0 Å². The lowest BCUT2D eigenvalue weighted by molar-refractivity contribution is -0.0519. The van der Waals surface area contributed by atoms with Gasteiger partial charge in [0.15, 0.2) is 0 Å². The Morgan fingerprint density at radius 2 is 1.83 bits per heavy atom. The van der Waals surface area contributed by atoms with E-state index in [1.54, 1.807) is 0 Å². The minimum absolute atomic E-state index is 0.517. The normalized spacial score (nSPS) is 53.8. The van der Waals surface area contributed by atoms with E-state index in [9.17, 15) is 0 Å². The highest BCUT2D eigenvalue weighted by molar-refractivity contribution is 4.92. The first kappa shape index (κ1) is 8.55. The summed E-state index contributed by atoms with van der Waals surface area (Å²) >= 11 is 0. The number of hydrogen-bond donors (Lipinski definition) is 0. The van der Waals surface area contributed by atoms with Crippen molar-refractivity contribution in [2.24, 2.45) is 23.7 Å². The lowest BCUT2D eigenvalue weighted by atomic mass is 9.80. The van der Waals surface area contributed by atoms with Crippen LogP contribution in [0.4, 0.5) is 0 Å². The van der Waals surface area contributed by atoms with Gasteiger partial charge in [0, 0.05) is 6.61 Å². The van der Waals surface area contributed by atoms with Gasteiger partial charge >= 0.3 is 0 Å². The fraction of sp³-hybridized carbons (Fsp3) is 1.00. The number of fused-ring (bicyclic) bond motifs is 1. The molecule has 1 saturated heterocycles. The Hall–Kier alpha value is -0.0400. The summed E-state index contributed by atoms with van der Waals surface area (Å²) in [5.41, 5.74) is 0. The smallest absolute Gasteiger partial charge is 0.0580 e. The molecular formula is C11H20O. The van der Waals surface area contributed by atoms with Gasteiger partial charge in [-0.1, -0.05) is 13.8 Å². The molecule has 1 aliphatic heterocycles. The van der Waals surface area contributed by atoms with Gasteiger partial charge < -0.3 is 4.74 Å². The van der Waals surface area contributed by atoms with Gasteiger partial charge in [-0.05, 0) is 43.4 Å². The van der Waals surface area contributed by atoms with Gasteiger partial charge in [-0.3, -0.25) is 0 Å². The van der Waals surface area contributed by atoms with Crippen LogP contribution in [0.3, 0.4) is 0 Å². The standard InChI is InChI=1S/C11H20O/c1-7-6-8(2)11-9(3)12-5-4-10(7)11/h7-11H,4-6H2,1-3H3. The molecule has 2 aliphatic rings. The van der Waals surface area contributed by atoms with Crippen molar-refractivity contribution in [3.8, 4) is 0 Å². The summed E-state index contributed by atoms with van der Waals surface area (Å²) in [6, 6.07) is 0. The fourth-order valence-corrected chi connectivity index (χ4v) is 3.51. The summed E-state index contributed by atoms with van der Waals surface area (Å²) < 4.78 is 5.71. The molecule has 2 fully saturated rings. The number of rotatable bonds is 0. The third-order valence-corrected chi connectivity index (χ3v) is 4.00. The second kappa shape index (κ2) is 3.02. The summed E-state index contributed by atoms with van der Waals surface area (Å²) in [6.45, 7) is 8.07. The van der Waals surface area contributed by atoms with Crippen molar-refractivity contribution in [2.75, 3.05) is 6.61 Å². The highest BCUT2D eigenvalue weighted by atomic mass is 16.5. The first-order chi connectivity index (χ1) is 5.70. The zero-order valence-electron chi connectivity index (χ0n) is 8.42. The Balaban J connectivity index is 2.13. The first-order valence-corrected chi connectivity index (χ1v) is 5.31. The van der Waals surface area contributed by atoms with E-state index in [0.717, 1.165) is 30.3 Å². The largest absolute Gasteiger partial charge is 0.378 e. The molecular weight excluding hydrogens is 148 g/mol. The minimum Gasteiger partial charge on any atom is -0.378 e. The Morgan fingerprint density at radius 3 is 2.50 bits per heavy atom. The third-order valence-electron chi connectivity index (χ3n) is 4.00. The van der Waals surface area contributed by atoms with Gasteiger partial charge in [0.25, 0.3) is 0 Å². The maximum absolute atomic E-state index is 5.71. The molecule has 1 aliphatic carbocycles. The average Bonchev–Trinajstić information content (AvgIpc) is 2.29. The van der Waals surface area contributed by atoms with Crippen LogP contribution in [0.2, 0.25) is 0 Å². The highest BCUT2D eigenvalue weighted by Crippen LogP contribution is 2.47. The second-order valence-corrected chi connectivity index (χ2v) is 4.80. The lowest BCUT2D eigenvalue weighted by Crippen LogP contribution is -2.35. The quantitative estimate of drug-likeness (QED) is 0.540. The lowest BCUT2D eigenvalue weighted by Gasteiger charge is -2.35. The number of ether oxygens (including phenoxy) is 1. The van der Waals surface area contributed by atoms with Crippen LogP contribution in [0.15, 0.2) is 0 Å². The van der Waals surface area contributed by atoms with E-state index in [4.69, 9.17) is 4.74 Å². The molecule has 12 heavy (non-hydrogen) atoms. The molecule has 5 unspecified atom stereocenters. The second-order valence-electron chi connectivity index (χ2n) is 4.80. The topological polar surface area (TPSA) is 9.23 Å². The molecule has 0 aromatic rings. The summed E-state index contributed by atoms with van der Waals surface area (Å²) in [7, 11) is 0. The summed E-state index contributed by atoms with van der Waals surface area (Å²) in [5.74, 6) is 3.65. The molecule has 5 atom stereocenters. The highest BCUT2D eigenvalue weighted by Gasteiger charge is 2.43.